The second-order valence-electron chi connectivity index (χ2n) is 5.09. The second kappa shape index (κ2) is 7.10. The highest BCUT2D eigenvalue weighted by Gasteiger charge is 2.17. The van der Waals surface area contributed by atoms with E-state index in [4.69, 9.17) is 0 Å². The van der Waals surface area contributed by atoms with Crippen LogP contribution < -0.4 is 10.6 Å². The molecule has 0 fully saturated rings. The molecule has 104 valence electrons. The Kier molecular flexibility index (Phi) is 5.77. The molecule has 2 N–H and O–H groups in total. The van der Waals surface area contributed by atoms with Crippen molar-refractivity contribution in [2.45, 2.75) is 39.3 Å². The molecule has 0 saturated carbocycles. The molecule has 1 aromatic carbocycles. The predicted molar refractivity (Wildman–Crippen MR) is 82.4 cm³/mol. The Morgan fingerprint density at radius 2 is 1.95 bits per heavy atom. The van der Waals surface area contributed by atoms with Gasteiger partial charge in [0.1, 0.15) is 5.78 Å². The minimum atomic E-state index is -0.169. The zero-order chi connectivity index (χ0) is 14.4. The number of benzene rings is 1. The van der Waals surface area contributed by atoms with Crippen molar-refractivity contribution in [3.05, 3.63) is 36.4 Å². The smallest absolute Gasteiger partial charge is 0.147 e. The van der Waals surface area contributed by atoms with Crippen molar-refractivity contribution in [2.24, 2.45) is 0 Å². The van der Waals surface area contributed by atoms with Gasteiger partial charge >= 0.3 is 0 Å². The van der Waals surface area contributed by atoms with Gasteiger partial charge in [-0.05, 0) is 25.0 Å². The summed E-state index contributed by atoms with van der Waals surface area (Å²) in [5.74, 6) is 0.150. The first-order valence-corrected chi connectivity index (χ1v) is 6.67. The summed E-state index contributed by atoms with van der Waals surface area (Å²) < 4.78 is 0. The van der Waals surface area contributed by atoms with E-state index in [0.717, 1.165) is 16.8 Å². The van der Waals surface area contributed by atoms with Crippen LogP contribution in [0.2, 0.25) is 0 Å². The van der Waals surface area contributed by atoms with Crippen molar-refractivity contribution in [3.63, 3.8) is 0 Å². The number of ketones is 1. The van der Waals surface area contributed by atoms with Crippen LogP contribution in [0.15, 0.2) is 30.8 Å². The molecule has 0 aliphatic heterocycles. The van der Waals surface area contributed by atoms with Crippen molar-refractivity contribution in [1.82, 2.24) is 5.32 Å². The molecule has 0 heterocycles. The van der Waals surface area contributed by atoms with Crippen molar-refractivity contribution in [2.75, 3.05) is 12.4 Å². The van der Waals surface area contributed by atoms with Crippen LogP contribution in [0, 0.1) is 0 Å². The van der Waals surface area contributed by atoms with E-state index < -0.39 is 0 Å². The Morgan fingerprint density at radius 3 is 2.47 bits per heavy atom. The second-order valence-corrected chi connectivity index (χ2v) is 5.09. The Hall–Kier alpha value is -1.61. The number of anilines is 1. The molecule has 0 bridgehead atoms. The van der Waals surface area contributed by atoms with Gasteiger partial charge in [0.25, 0.3) is 0 Å². The normalized spacial score (nSPS) is 12.3. The van der Waals surface area contributed by atoms with Gasteiger partial charge < -0.3 is 10.6 Å². The maximum atomic E-state index is 11.7. The lowest BCUT2D eigenvalue weighted by molar-refractivity contribution is -0.119. The zero-order valence-electron chi connectivity index (χ0n) is 12.3. The van der Waals surface area contributed by atoms with Crippen LogP contribution >= 0.6 is 0 Å². The number of hydrogen-bond donors (Lipinski definition) is 2. The van der Waals surface area contributed by atoms with Crippen molar-refractivity contribution >= 4 is 17.0 Å². The number of Topliss-reactive ketones (excluding diaryl/α,β-unsaturated/α-hetero) is 1. The van der Waals surface area contributed by atoms with Gasteiger partial charge in [-0.1, -0.05) is 38.6 Å². The molecule has 0 spiro atoms. The van der Waals surface area contributed by atoms with Crippen LogP contribution in [0.1, 0.15) is 32.8 Å². The van der Waals surface area contributed by atoms with Crippen LogP contribution in [0.4, 0.5) is 5.69 Å². The molecule has 1 atom stereocenters. The average Bonchev–Trinajstić information content (AvgIpc) is 2.37. The first-order chi connectivity index (χ1) is 8.95. The van der Waals surface area contributed by atoms with Crippen LogP contribution in [0.5, 0.6) is 0 Å². The Bertz CT molecular complexity index is 452. The summed E-state index contributed by atoms with van der Waals surface area (Å²) in [7, 11) is 1.89. The van der Waals surface area contributed by atoms with Crippen LogP contribution in [-0.4, -0.2) is 24.9 Å². The fraction of sp³-hybridized carbons (Fsp3) is 0.438. The Labute approximate surface area is 116 Å². The molecular formula is C16H24N2O. The van der Waals surface area contributed by atoms with Gasteiger partial charge in [-0.15, -0.1) is 0 Å². The molecule has 0 aromatic heterocycles. The highest BCUT2D eigenvalue weighted by Crippen LogP contribution is 2.25. The molecule has 0 amide bonds. The monoisotopic (exact) mass is 260 g/mol. The number of para-hydroxylation sites is 1. The summed E-state index contributed by atoms with van der Waals surface area (Å²) >= 11 is 0. The number of carbonyl (C=O) groups excluding carboxylic acids is 1. The van der Waals surface area contributed by atoms with E-state index in [0.29, 0.717) is 6.42 Å². The molecule has 1 rings (SSSR count). The largest absolute Gasteiger partial charge is 0.388 e. The molecule has 1 unspecified atom stereocenters. The lowest BCUT2D eigenvalue weighted by Gasteiger charge is -2.21. The summed E-state index contributed by atoms with van der Waals surface area (Å²) in [5, 5.41) is 6.44. The fourth-order valence-corrected chi connectivity index (χ4v) is 2.09. The molecule has 3 heteroatoms. The van der Waals surface area contributed by atoms with Gasteiger partial charge in [0, 0.05) is 24.3 Å². The van der Waals surface area contributed by atoms with Crippen molar-refractivity contribution in [3.8, 4) is 0 Å². The van der Waals surface area contributed by atoms with Crippen molar-refractivity contribution < 1.29 is 4.79 Å². The molecule has 19 heavy (non-hydrogen) atoms. The highest BCUT2D eigenvalue weighted by molar-refractivity contribution is 5.85. The summed E-state index contributed by atoms with van der Waals surface area (Å²) in [5.41, 5.74) is 3.08. The zero-order valence-corrected chi connectivity index (χ0v) is 12.3. The van der Waals surface area contributed by atoms with E-state index in [2.05, 4.69) is 17.2 Å². The van der Waals surface area contributed by atoms with Gasteiger partial charge in [-0.2, -0.15) is 0 Å². The SMILES string of the molecule is C=C(CC(NC(C)C)C(C)=O)c1ccccc1NC. The summed E-state index contributed by atoms with van der Waals surface area (Å²) in [6, 6.07) is 8.12. The topological polar surface area (TPSA) is 41.1 Å². The highest BCUT2D eigenvalue weighted by atomic mass is 16.1. The molecule has 0 aliphatic rings. The number of carbonyl (C=O) groups is 1. The molecule has 0 aliphatic carbocycles. The Morgan fingerprint density at radius 1 is 1.32 bits per heavy atom. The number of nitrogens with one attached hydrogen (secondary N) is 2. The summed E-state index contributed by atoms with van der Waals surface area (Å²) in [6.07, 6.45) is 0.631. The lowest BCUT2D eigenvalue weighted by Crippen LogP contribution is -2.39. The standard InChI is InChI=1S/C16H24N2O/c1-11(2)18-16(13(4)19)10-12(3)14-8-6-7-9-15(14)17-5/h6-9,11,16-18H,3,10H2,1-2,4-5H3. The van der Waals surface area contributed by atoms with Crippen LogP contribution in [0.25, 0.3) is 5.57 Å². The van der Waals surface area contributed by atoms with E-state index >= 15 is 0 Å². The molecular weight excluding hydrogens is 236 g/mol. The molecule has 3 nitrogen and oxygen atoms in total. The number of rotatable bonds is 7. The first kappa shape index (κ1) is 15.4. The maximum absolute atomic E-state index is 11.7. The van der Waals surface area contributed by atoms with Crippen molar-refractivity contribution in [1.29, 1.82) is 0 Å². The van der Waals surface area contributed by atoms with E-state index in [-0.39, 0.29) is 17.9 Å². The van der Waals surface area contributed by atoms with E-state index in [9.17, 15) is 4.79 Å². The van der Waals surface area contributed by atoms with E-state index in [1.807, 2.05) is 45.2 Å². The lowest BCUT2D eigenvalue weighted by atomic mass is 9.96. The van der Waals surface area contributed by atoms with Gasteiger partial charge in [-0.25, -0.2) is 0 Å². The molecule has 0 saturated heterocycles. The van der Waals surface area contributed by atoms with Gasteiger partial charge in [0.2, 0.25) is 0 Å². The maximum Gasteiger partial charge on any atom is 0.147 e. The van der Waals surface area contributed by atoms with Crippen LogP contribution in [-0.2, 0) is 4.79 Å². The van der Waals surface area contributed by atoms with Crippen LogP contribution in [0.3, 0.4) is 0 Å². The third-order valence-electron chi connectivity index (χ3n) is 3.05. The molecule has 1 aromatic rings. The summed E-state index contributed by atoms with van der Waals surface area (Å²) in [4.78, 5) is 11.7. The predicted octanol–water partition coefficient (Wildman–Crippen LogP) is 3.09. The minimum absolute atomic E-state index is 0.150. The van der Waals surface area contributed by atoms with Gasteiger partial charge in [-0.3, -0.25) is 4.79 Å². The van der Waals surface area contributed by atoms with E-state index in [1.54, 1.807) is 6.92 Å². The third kappa shape index (κ3) is 4.52. The third-order valence-corrected chi connectivity index (χ3v) is 3.05. The molecule has 0 radical (unpaired) electrons. The van der Waals surface area contributed by atoms with E-state index in [1.165, 1.54) is 0 Å². The fourth-order valence-electron chi connectivity index (χ4n) is 2.09. The quantitative estimate of drug-likeness (QED) is 0.791. The van der Waals surface area contributed by atoms with Gasteiger partial charge in [0.15, 0.2) is 0 Å². The van der Waals surface area contributed by atoms with Gasteiger partial charge in [0.05, 0.1) is 6.04 Å². The minimum Gasteiger partial charge on any atom is -0.388 e. The Balaban J connectivity index is 2.84. The summed E-state index contributed by atoms with van der Waals surface area (Å²) in [6.45, 7) is 9.84. The average molecular weight is 260 g/mol. The number of hydrogen-bond acceptors (Lipinski definition) is 3. The first-order valence-electron chi connectivity index (χ1n) is 6.67.